The molecule has 1 aliphatic carbocycles. The molecule has 1 saturated carbocycles. The van der Waals surface area contributed by atoms with Gasteiger partial charge in [0.25, 0.3) is 0 Å². The van der Waals surface area contributed by atoms with Crippen molar-refractivity contribution < 1.29 is 19.1 Å². The van der Waals surface area contributed by atoms with Crippen LogP contribution in [0.3, 0.4) is 0 Å². The molecule has 2 bridgehead atoms. The Morgan fingerprint density at radius 3 is 2.58 bits per heavy atom. The molecule has 4 rings (SSSR count). The van der Waals surface area contributed by atoms with Gasteiger partial charge in [-0.3, -0.25) is 9.59 Å². The zero-order valence-corrected chi connectivity index (χ0v) is 23.1. The van der Waals surface area contributed by atoms with Crippen molar-refractivity contribution in [1.29, 1.82) is 0 Å². The van der Waals surface area contributed by atoms with Gasteiger partial charge in [-0.1, -0.05) is 36.2 Å². The summed E-state index contributed by atoms with van der Waals surface area (Å²) in [7, 11) is 0. The first-order chi connectivity index (χ1) is 18.1. The monoisotopic (exact) mass is 543 g/mol. The maximum absolute atomic E-state index is 13.3. The molecule has 38 heavy (non-hydrogen) atoms. The number of alkyl carbamates (subject to hydrolysis) is 1. The number of fused-ring (bicyclic) bond motifs is 4. The van der Waals surface area contributed by atoms with Gasteiger partial charge in [0.1, 0.15) is 22.3 Å². The van der Waals surface area contributed by atoms with Gasteiger partial charge in [-0.2, -0.15) is 0 Å². The number of anilines is 1. The highest BCUT2D eigenvalue weighted by molar-refractivity contribution is 6.32. The first kappa shape index (κ1) is 28.0. The molecule has 9 nitrogen and oxygen atoms in total. The highest BCUT2D eigenvalue weighted by Crippen LogP contribution is 2.35. The minimum absolute atomic E-state index is 0.00728. The number of H-pyrrole nitrogens is 1. The Hall–Kier alpha value is -3.07. The third-order valence-corrected chi connectivity index (χ3v) is 7.35. The lowest BCUT2D eigenvalue weighted by Gasteiger charge is -2.29. The smallest absolute Gasteiger partial charge is 0.407 e. The van der Waals surface area contributed by atoms with E-state index < -0.39 is 11.7 Å². The van der Waals surface area contributed by atoms with E-state index in [9.17, 15) is 14.4 Å². The van der Waals surface area contributed by atoms with Gasteiger partial charge in [-0.15, -0.1) is 0 Å². The van der Waals surface area contributed by atoms with Crippen LogP contribution in [0.4, 0.5) is 10.5 Å². The minimum atomic E-state index is -0.526. The van der Waals surface area contributed by atoms with E-state index in [0.29, 0.717) is 54.1 Å². The van der Waals surface area contributed by atoms with Crippen LogP contribution in [0.15, 0.2) is 24.3 Å². The molecule has 3 amide bonds. The molecule has 1 aromatic heterocycles. The number of halogens is 1. The Balaban J connectivity index is 1.39. The van der Waals surface area contributed by atoms with Crippen molar-refractivity contribution in [3.8, 4) is 11.3 Å². The second-order valence-electron chi connectivity index (χ2n) is 11.3. The molecule has 4 N–H and O–H groups in total. The van der Waals surface area contributed by atoms with E-state index in [1.807, 2.05) is 45.0 Å². The zero-order valence-electron chi connectivity index (χ0n) is 22.4. The number of imidazole rings is 1. The molecule has 10 heteroatoms. The van der Waals surface area contributed by atoms with E-state index in [4.69, 9.17) is 21.3 Å². The second kappa shape index (κ2) is 12.2. The fourth-order valence-electron chi connectivity index (χ4n) is 5.10. The summed E-state index contributed by atoms with van der Waals surface area (Å²) < 4.78 is 5.31. The zero-order chi connectivity index (χ0) is 27.3. The number of hydrogen-bond donors (Lipinski definition) is 4. The summed E-state index contributed by atoms with van der Waals surface area (Å²) in [4.78, 5) is 45.6. The molecule has 0 unspecified atom stereocenters. The molecule has 2 aromatic rings. The molecule has 0 saturated heterocycles. The van der Waals surface area contributed by atoms with Gasteiger partial charge in [0, 0.05) is 24.4 Å². The summed E-state index contributed by atoms with van der Waals surface area (Å²) in [5.74, 6) is 0.808. The van der Waals surface area contributed by atoms with Gasteiger partial charge in [-0.25, -0.2) is 9.78 Å². The molecule has 1 fully saturated rings. The van der Waals surface area contributed by atoms with Crippen LogP contribution in [-0.4, -0.2) is 40.0 Å². The number of para-hydroxylation sites is 1. The molecular formula is C28H38ClN5O4. The molecule has 2 heterocycles. The number of nitrogens with zero attached hydrogens (tertiary/aromatic N) is 1. The number of benzene rings is 1. The number of hydrogen-bond acceptors (Lipinski definition) is 5. The Bertz CT molecular complexity index is 1150. The summed E-state index contributed by atoms with van der Waals surface area (Å²) in [6, 6.07) is 7.12. The van der Waals surface area contributed by atoms with Crippen molar-refractivity contribution in [1.82, 2.24) is 20.6 Å². The predicted octanol–water partition coefficient (Wildman–Crippen LogP) is 5.73. The Morgan fingerprint density at radius 1 is 1.11 bits per heavy atom. The number of rotatable bonds is 4. The Labute approximate surface area is 228 Å². The second-order valence-corrected chi connectivity index (χ2v) is 11.7. The van der Waals surface area contributed by atoms with Crippen molar-refractivity contribution in [2.45, 2.75) is 83.8 Å². The molecular weight excluding hydrogens is 506 g/mol. The number of aromatic amines is 1. The molecule has 0 spiro atoms. The number of carbonyl (C=O) groups is 3. The predicted molar refractivity (Wildman–Crippen MR) is 147 cm³/mol. The quantitative estimate of drug-likeness (QED) is 0.392. The van der Waals surface area contributed by atoms with Crippen molar-refractivity contribution in [2.24, 2.45) is 11.8 Å². The number of aromatic nitrogens is 2. The summed E-state index contributed by atoms with van der Waals surface area (Å²) in [6.07, 6.45) is 5.36. The van der Waals surface area contributed by atoms with Gasteiger partial charge in [-0.05, 0) is 71.3 Å². The van der Waals surface area contributed by atoms with E-state index in [1.54, 1.807) is 0 Å². The Morgan fingerprint density at radius 2 is 1.84 bits per heavy atom. The molecule has 0 radical (unpaired) electrons. The van der Waals surface area contributed by atoms with Crippen LogP contribution in [0.2, 0.25) is 5.15 Å². The first-order valence-corrected chi connectivity index (χ1v) is 13.9. The van der Waals surface area contributed by atoms with Gasteiger partial charge >= 0.3 is 6.09 Å². The van der Waals surface area contributed by atoms with Crippen LogP contribution in [0.25, 0.3) is 11.3 Å². The van der Waals surface area contributed by atoms with Crippen LogP contribution >= 0.6 is 11.6 Å². The van der Waals surface area contributed by atoms with Crippen molar-refractivity contribution in [2.75, 3.05) is 11.9 Å². The first-order valence-electron chi connectivity index (χ1n) is 13.5. The summed E-state index contributed by atoms with van der Waals surface area (Å²) in [5, 5.41) is 9.40. The minimum Gasteiger partial charge on any atom is -0.444 e. The van der Waals surface area contributed by atoms with Gasteiger partial charge in [0.2, 0.25) is 11.8 Å². The average Bonchev–Trinajstić information content (AvgIpc) is 3.25. The van der Waals surface area contributed by atoms with Crippen LogP contribution < -0.4 is 16.0 Å². The molecule has 2 aliphatic rings. The van der Waals surface area contributed by atoms with E-state index in [-0.39, 0.29) is 23.8 Å². The van der Waals surface area contributed by atoms with Crippen LogP contribution in [0, 0.1) is 11.8 Å². The SMILES string of the molecule is CC(C)(C)OC(=O)NCC1CCC(C(=O)N[C@H]2CCCCC(=O)Nc3ccccc3-c3nc2[nH]c3Cl)CC1. The average molecular weight is 544 g/mol. The lowest BCUT2D eigenvalue weighted by molar-refractivity contribution is -0.127. The van der Waals surface area contributed by atoms with E-state index in [1.165, 1.54) is 0 Å². The third kappa shape index (κ3) is 7.49. The summed E-state index contributed by atoms with van der Waals surface area (Å²) in [6.45, 7) is 6.07. The normalized spacial score (nSPS) is 22.2. The maximum atomic E-state index is 13.3. The van der Waals surface area contributed by atoms with Gasteiger partial charge in [0.15, 0.2) is 0 Å². The maximum Gasteiger partial charge on any atom is 0.407 e. The highest BCUT2D eigenvalue weighted by Gasteiger charge is 2.30. The molecule has 1 aliphatic heterocycles. The molecule has 1 atom stereocenters. The van der Waals surface area contributed by atoms with Crippen molar-refractivity contribution in [3.63, 3.8) is 0 Å². The van der Waals surface area contributed by atoms with Crippen LogP contribution in [0.5, 0.6) is 0 Å². The number of nitrogens with one attached hydrogen (secondary N) is 4. The summed E-state index contributed by atoms with van der Waals surface area (Å²) >= 11 is 6.55. The Kier molecular flexibility index (Phi) is 8.97. The van der Waals surface area contributed by atoms with Crippen LogP contribution in [-0.2, 0) is 14.3 Å². The summed E-state index contributed by atoms with van der Waals surface area (Å²) in [5.41, 5.74) is 1.42. The standard InChI is InChI=1S/C28H38ClN5O4/c1-28(2,3)38-27(37)30-16-17-12-14-18(15-13-17)26(36)32-21-10-6-7-11-22(35)31-20-9-5-4-8-19(20)23-24(29)34-25(21)33-23/h4-5,8-9,17-18,21H,6-7,10-16H2,1-3H3,(H,30,37)(H,31,35)(H,32,36)(H,33,34)/t17?,18?,21-/m0/s1. The van der Waals surface area contributed by atoms with Crippen LogP contribution in [0.1, 0.15) is 84.0 Å². The van der Waals surface area contributed by atoms with Gasteiger partial charge < -0.3 is 25.7 Å². The van der Waals surface area contributed by atoms with E-state index in [0.717, 1.165) is 37.7 Å². The number of carbonyl (C=O) groups excluding carboxylic acids is 3. The topological polar surface area (TPSA) is 125 Å². The van der Waals surface area contributed by atoms with Crippen molar-refractivity contribution >= 4 is 35.2 Å². The third-order valence-electron chi connectivity index (χ3n) is 7.08. The van der Waals surface area contributed by atoms with E-state index in [2.05, 4.69) is 20.9 Å². The number of ether oxygens (including phenoxy) is 1. The lowest BCUT2D eigenvalue weighted by atomic mass is 9.81. The molecule has 206 valence electrons. The van der Waals surface area contributed by atoms with E-state index >= 15 is 0 Å². The fraction of sp³-hybridized carbons (Fsp3) is 0.571. The highest BCUT2D eigenvalue weighted by atomic mass is 35.5. The lowest BCUT2D eigenvalue weighted by Crippen LogP contribution is -2.39. The number of amides is 3. The molecule has 1 aromatic carbocycles. The van der Waals surface area contributed by atoms with Gasteiger partial charge in [0.05, 0.1) is 11.7 Å². The fourth-order valence-corrected chi connectivity index (χ4v) is 5.34. The largest absolute Gasteiger partial charge is 0.444 e. The van der Waals surface area contributed by atoms with Crippen molar-refractivity contribution in [3.05, 3.63) is 35.2 Å².